The predicted molar refractivity (Wildman–Crippen MR) is 56.6 cm³/mol. The summed E-state index contributed by atoms with van der Waals surface area (Å²) in [6.07, 6.45) is 0.794. The van der Waals surface area contributed by atoms with Crippen LogP contribution in [0, 0.1) is 0 Å². The topological polar surface area (TPSA) is 39.8 Å². The van der Waals surface area contributed by atoms with E-state index in [-0.39, 0.29) is 11.5 Å². The van der Waals surface area contributed by atoms with E-state index < -0.39 is 12.2 Å². The van der Waals surface area contributed by atoms with Crippen LogP contribution >= 0.6 is 0 Å². The second-order valence-corrected chi connectivity index (χ2v) is 4.57. The number of halogens is 1. The molecule has 0 amide bonds. The highest BCUT2D eigenvalue weighted by Crippen LogP contribution is 2.10. The Morgan fingerprint density at radius 2 is 2.00 bits per heavy atom. The molecule has 4 nitrogen and oxygen atoms in total. The number of hydrogen-bond donors (Lipinski definition) is 0. The Labute approximate surface area is 88.7 Å². The molecule has 0 fully saturated rings. The fraction of sp³-hybridized carbons (Fsp3) is 0.800. The molecule has 5 heteroatoms. The first kappa shape index (κ1) is 11.9. The van der Waals surface area contributed by atoms with Crippen LogP contribution in [0.15, 0.2) is 4.79 Å². The average molecular weight is 215 g/mol. The summed E-state index contributed by atoms with van der Waals surface area (Å²) in [7, 11) is 0. The van der Waals surface area contributed by atoms with Gasteiger partial charge in [-0.15, -0.1) is 0 Å². The van der Waals surface area contributed by atoms with Crippen LogP contribution in [0.4, 0.5) is 4.39 Å². The number of aromatic nitrogens is 3. The molecule has 0 saturated heterocycles. The van der Waals surface area contributed by atoms with Crippen molar-refractivity contribution in [1.82, 2.24) is 14.3 Å². The van der Waals surface area contributed by atoms with Gasteiger partial charge in [-0.05, 0) is 27.2 Å². The van der Waals surface area contributed by atoms with Crippen molar-refractivity contribution in [2.75, 3.05) is 0 Å². The van der Waals surface area contributed by atoms with Crippen LogP contribution in [0.2, 0.25) is 0 Å². The van der Waals surface area contributed by atoms with E-state index in [2.05, 4.69) is 5.10 Å². The first-order chi connectivity index (χ1) is 6.91. The van der Waals surface area contributed by atoms with Gasteiger partial charge in [-0.2, -0.15) is 5.10 Å². The molecule has 15 heavy (non-hydrogen) atoms. The number of alkyl halides is 1. The summed E-state index contributed by atoms with van der Waals surface area (Å²) < 4.78 is 15.4. The second kappa shape index (κ2) is 4.16. The molecule has 0 bridgehead atoms. The number of rotatable bonds is 3. The third-order valence-electron chi connectivity index (χ3n) is 2.14. The molecule has 0 atom stereocenters. The molecule has 1 rings (SSSR count). The van der Waals surface area contributed by atoms with Gasteiger partial charge in [0.05, 0.1) is 5.54 Å². The van der Waals surface area contributed by atoms with Crippen LogP contribution in [0.3, 0.4) is 0 Å². The van der Waals surface area contributed by atoms with Crippen LogP contribution in [0.5, 0.6) is 0 Å². The molecule has 0 aromatic carbocycles. The largest absolute Gasteiger partial charge is 0.346 e. The van der Waals surface area contributed by atoms with Crippen molar-refractivity contribution in [3.63, 3.8) is 0 Å². The standard InChI is InChI=1S/C10H18FN3O/c1-5-6-13-8(7-11)12-14(9(13)15)10(2,3)4/h5-7H2,1-4H3. The third kappa shape index (κ3) is 2.27. The van der Waals surface area contributed by atoms with Gasteiger partial charge in [0.2, 0.25) is 0 Å². The van der Waals surface area contributed by atoms with Crippen molar-refractivity contribution in [2.45, 2.75) is 52.9 Å². The molecular weight excluding hydrogens is 197 g/mol. The molecule has 0 aliphatic heterocycles. The zero-order valence-electron chi connectivity index (χ0n) is 9.75. The summed E-state index contributed by atoms with van der Waals surface area (Å²) in [5, 5.41) is 4.01. The summed E-state index contributed by atoms with van der Waals surface area (Å²) in [6.45, 7) is 7.40. The van der Waals surface area contributed by atoms with E-state index in [4.69, 9.17) is 0 Å². The van der Waals surface area contributed by atoms with E-state index in [1.54, 1.807) is 0 Å². The molecule has 0 aliphatic rings. The smallest absolute Gasteiger partial charge is 0.277 e. The molecule has 0 radical (unpaired) electrons. The van der Waals surface area contributed by atoms with E-state index >= 15 is 0 Å². The van der Waals surface area contributed by atoms with Crippen LogP contribution in [-0.4, -0.2) is 14.3 Å². The van der Waals surface area contributed by atoms with E-state index in [1.165, 1.54) is 9.25 Å². The van der Waals surface area contributed by atoms with Crippen molar-refractivity contribution < 1.29 is 4.39 Å². The summed E-state index contributed by atoms with van der Waals surface area (Å²) in [6, 6.07) is 0. The van der Waals surface area contributed by atoms with Gasteiger partial charge in [0.15, 0.2) is 5.82 Å². The molecule has 1 heterocycles. The first-order valence-electron chi connectivity index (χ1n) is 5.17. The Kier molecular flexibility index (Phi) is 3.31. The lowest BCUT2D eigenvalue weighted by atomic mass is 10.1. The van der Waals surface area contributed by atoms with Gasteiger partial charge in [0.1, 0.15) is 6.67 Å². The Morgan fingerprint density at radius 1 is 1.40 bits per heavy atom. The van der Waals surface area contributed by atoms with E-state index in [0.29, 0.717) is 6.54 Å². The molecule has 0 N–H and O–H groups in total. The summed E-state index contributed by atoms with van der Waals surface area (Å²) in [5.41, 5.74) is -0.628. The van der Waals surface area contributed by atoms with Gasteiger partial charge < -0.3 is 0 Å². The Balaban J connectivity index is 3.28. The minimum absolute atomic E-state index is 0.219. The maximum atomic E-state index is 12.7. The maximum absolute atomic E-state index is 12.7. The van der Waals surface area contributed by atoms with Crippen molar-refractivity contribution in [2.24, 2.45) is 0 Å². The van der Waals surface area contributed by atoms with Gasteiger partial charge in [-0.3, -0.25) is 4.57 Å². The summed E-state index contributed by atoms with van der Waals surface area (Å²) >= 11 is 0. The zero-order valence-corrected chi connectivity index (χ0v) is 9.75. The molecule has 86 valence electrons. The molecule has 0 saturated carbocycles. The van der Waals surface area contributed by atoms with Gasteiger partial charge >= 0.3 is 5.69 Å². The van der Waals surface area contributed by atoms with Crippen molar-refractivity contribution in [1.29, 1.82) is 0 Å². The number of nitrogens with zero attached hydrogens (tertiary/aromatic N) is 3. The predicted octanol–water partition coefficient (Wildman–Crippen LogP) is 1.68. The SMILES string of the molecule is CCCn1c(CF)nn(C(C)(C)C)c1=O. The van der Waals surface area contributed by atoms with Crippen LogP contribution < -0.4 is 5.69 Å². The Hall–Kier alpha value is -1.13. The van der Waals surface area contributed by atoms with Crippen LogP contribution in [0.25, 0.3) is 0 Å². The van der Waals surface area contributed by atoms with Gasteiger partial charge in [0, 0.05) is 6.54 Å². The minimum Gasteiger partial charge on any atom is -0.277 e. The molecule has 0 spiro atoms. The minimum atomic E-state index is -0.696. The summed E-state index contributed by atoms with van der Waals surface area (Å²) in [5.74, 6) is 0.219. The fourth-order valence-electron chi connectivity index (χ4n) is 1.42. The van der Waals surface area contributed by atoms with E-state index in [1.807, 2.05) is 27.7 Å². The lowest BCUT2D eigenvalue weighted by Gasteiger charge is -2.16. The monoisotopic (exact) mass is 215 g/mol. The first-order valence-corrected chi connectivity index (χ1v) is 5.17. The fourth-order valence-corrected chi connectivity index (χ4v) is 1.42. The van der Waals surface area contributed by atoms with Crippen molar-refractivity contribution in [3.8, 4) is 0 Å². The zero-order chi connectivity index (χ0) is 11.6. The maximum Gasteiger partial charge on any atom is 0.346 e. The lowest BCUT2D eigenvalue weighted by molar-refractivity contribution is 0.337. The average Bonchev–Trinajstić information content (AvgIpc) is 2.44. The third-order valence-corrected chi connectivity index (χ3v) is 2.14. The van der Waals surface area contributed by atoms with Gasteiger partial charge in [0.25, 0.3) is 0 Å². The Morgan fingerprint density at radius 3 is 2.40 bits per heavy atom. The molecule has 1 aromatic heterocycles. The van der Waals surface area contributed by atoms with Crippen molar-refractivity contribution >= 4 is 0 Å². The quantitative estimate of drug-likeness (QED) is 0.769. The van der Waals surface area contributed by atoms with E-state index in [9.17, 15) is 9.18 Å². The number of hydrogen-bond acceptors (Lipinski definition) is 2. The Bertz CT molecular complexity index is 386. The van der Waals surface area contributed by atoms with Crippen LogP contribution in [-0.2, 0) is 18.8 Å². The molecular formula is C10H18FN3O. The lowest BCUT2D eigenvalue weighted by Crippen LogP contribution is -2.35. The second-order valence-electron chi connectivity index (χ2n) is 4.57. The van der Waals surface area contributed by atoms with Gasteiger partial charge in [-0.1, -0.05) is 6.92 Å². The highest BCUT2D eigenvalue weighted by atomic mass is 19.1. The summed E-state index contributed by atoms with van der Waals surface area (Å²) in [4.78, 5) is 11.9. The molecule has 0 unspecified atom stereocenters. The molecule has 0 aliphatic carbocycles. The normalized spacial score (nSPS) is 12.1. The van der Waals surface area contributed by atoms with Crippen LogP contribution in [0.1, 0.15) is 39.9 Å². The highest BCUT2D eigenvalue weighted by Gasteiger charge is 2.21. The highest BCUT2D eigenvalue weighted by molar-refractivity contribution is 4.88. The molecule has 1 aromatic rings. The van der Waals surface area contributed by atoms with Crippen molar-refractivity contribution in [3.05, 3.63) is 16.3 Å². The van der Waals surface area contributed by atoms with E-state index in [0.717, 1.165) is 6.42 Å². The van der Waals surface area contributed by atoms with Gasteiger partial charge in [-0.25, -0.2) is 13.9 Å².